The van der Waals surface area contributed by atoms with Crippen LogP contribution in [0.25, 0.3) is 0 Å². The first-order chi connectivity index (χ1) is 7.67. The lowest BCUT2D eigenvalue weighted by molar-refractivity contribution is 0.464. The van der Waals surface area contributed by atoms with Crippen LogP contribution in [-0.2, 0) is 6.54 Å². The van der Waals surface area contributed by atoms with E-state index < -0.39 is 0 Å². The molecule has 1 aromatic heterocycles. The smallest absolute Gasteiger partial charge is 0.214 e. The van der Waals surface area contributed by atoms with Crippen LogP contribution in [0.5, 0.6) is 0 Å². The zero-order valence-corrected chi connectivity index (χ0v) is 9.79. The third-order valence-electron chi connectivity index (χ3n) is 2.06. The molecule has 0 aliphatic heterocycles. The Kier molecular flexibility index (Phi) is 4.40. The standard InChI is InChI=1S/C11H16N4O/c1-5-6-13-11(12-4)14-7-10-15-8(2)9(3)16-10/h1H,6-7H2,2-4H3,(H2,12,13,14). The molecule has 0 atom stereocenters. The summed E-state index contributed by atoms with van der Waals surface area (Å²) in [4.78, 5) is 8.24. The zero-order chi connectivity index (χ0) is 12.0. The van der Waals surface area contributed by atoms with Crippen LogP contribution < -0.4 is 10.6 Å². The van der Waals surface area contributed by atoms with E-state index in [1.165, 1.54) is 0 Å². The number of oxazole rings is 1. The molecule has 0 saturated carbocycles. The molecule has 86 valence electrons. The molecule has 0 amide bonds. The monoisotopic (exact) mass is 220 g/mol. The molecule has 0 radical (unpaired) electrons. The van der Waals surface area contributed by atoms with E-state index in [1.807, 2.05) is 13.8 Å². The van der Waals surface area contributed by atoms with Crippen molar-refractivity contribution in [1.29, 1.82) is 0 Å². The van der Waals surface area contributed by atoms with Gasteiger partial charge < -0.3 is 15.1 Å². The van der Waals surface area contributed by atoms with Gasteiger partial charge >= 0.3 is 0 Å². The lowest BCUT2D eigenvalue weighted by Gasteiger charge is -2.07. The predicted octanol–water partition coefficient (Wildman–Crippen LogP) is 0.590. The molecule has 2 N–H and O–H groups in total. The number of hydrogen-bond donors (Lipinski definition) is 2. The molecule has 1 rings (SSSR count). The van der Waals surface area contributed by atoms with Gasteiger partial charge in [-0.05, 0) is 13.8 Å². The van der Waals surface area contributed by atoms with Gasteiger partial charge in [-0.1, -0.05) is 5.92 Å². The lowest BCUT2D eigenvalue weighted by Crippen LogP contribution is -2.36. The molecule has 0 fully saturated rings. The van der Waals surface area contributed by atoms with Gasteiger partial charge in [0.2, 0.25) is 5.89 Å². The maximum absolute atomic E-state index is 5.42. The van der Waals surface area contributed by atoms with Crippen molar-refractivity contribution in [3.63, 3.8) is 0 Å². The molecule has 0 aliphatic carbocycles. The van der Waals surface area contributed by atoms with Crippen molar-refractivity contribution in [2.45, 2.75) is 20.4 Å². The minimum Gasteiger partial charge on any atom is -0.444 e. The van der Waals surface area contributed by atoms with Crippen molar-refractivity contribution >= 4 is 5.96 Å². The summed E-state index contributed by atoms with van der Waals surface area (Å²) in [6, 6.07) is 0. The second kappa shape index (κ2) is 5.81. The minimum atomic E-state index is 0.434. The molecule has 5 heteroatoms. The number of aliphatic imine (C=N–C) groups is 1. The Morgan fingerprint density at radius 1 is 1.50 bits per heavy atom. The number of nitrogens with zero attached hydrogens (tertiary/aromatic N) is 2. The Labute approximate surface area is 95.4 Å². The summed E-state index contributed by atoms with van der Waals surface area (Å²) in [7, 11) is 1.68. The van der Waals surface area contributed by atoms with E-state index in [1.54, 1.807) is 7.05 Å². The van der Waals surface area contributed by atoms with Crippen molar-refractivity contribution in [3.05, 3.63) is 17.3 Å². The molecular weight excluding hydrogens is 204 g/mol. The average molecular weight is 220 g/mol. The Hall–Kier alpha value is -1.96. The van der Waals surface area contributed by atoms with Crippen LogP contribution in [0.3, 0.4) is 0 Å². The Bertz CT molecular complexity index is 395. The maximum Gasteiger partial charge on any atom is 0.214 e. The second-order valence-electron chi connectivity index (χ2n) is 3.23. The van der Waals surface area contributed by atoms with Crippen LogP contribution in [0.15, 0.2) is 9.41 Å². The first kappa shape index (κ1) is 12.1. The van der Waals surface area contributed by atoms with Crippen LogP contribution >= 0.6 is 0 Å². The van der Waals surface area contributed by atoms with Gasteiger partial charge in [0.1, 0.15) is 5.76 Å². The summed E-state index contributed by atoms with van der Waals surface area (Å²) in [5, 5.41) is 5.99. The SMILES string of the molecule is C#CCNC(=NC)NCc1nc(C)c(C)o1. The maximum atomic E-state index is 5.42. The van der Waals surface area contributed by atoms with Crippen molar-refractivity contribution in [2.24, 2.45) is 4.99 Å². The molecule has 1 heterocycles. The minimum absolute atomic E-state index is 0.434. The number of guanidine groups is 1. The highest BCUT2D eigenvalue weighted by Gasteiger charge is 2.05. The van der Waals surface area contributed by atoms with Gasteiger partial charge in [0.05, 0.1) is 18.8 Å². The molecule has 0 saturated heterocycles. The number of rotatable bonds is 3. The van der Waals surface area contributed by atoms with Crippen molar-refractivity contribution < 1.29 is 4.42 Å². The van der Waals surface area contributed by atoms with Gasteiger partial charge in [-0.15, -0.1) is 6.42 Å². The highest BCUT2D eigenvalue weighted by Crippen LogP contribution is 2.07. The van der Waals surface area contributed by atoms with E-state index in [0.29, 0.717) is 24.9 Å². The van der Waals surface area contributed by atoms with E-state index in [2.05, 4.69) is 26.5 Å². The van der Waals surface area contributed by atoms with Crippen LogP contribution in [-0.4, -0.2) is 24.5 Å². The largest absolute Gasteiger partial charge is 0.444 e. The van der Waals surface area contributed by atoms with Gasteiger partial charge in [0.15, 0.2) is 5.96 Å². The second-order valence-corrected chi connectivity index (χ2v) is 3.23. The van der Waals surface area contributed by atoms with E-state index in [0.717, 1.165) is 11.5 Å². The molecule has 5 nitrogen and oxygen atoms in total. The van der Waals surface area contributed by atoms with Gasteiger partial charge in [0, 0.05) is 7.05 Å². The summed E-state index contributed by atoms with van der Waals surface area (Å²) in [6.07, 6.45) is 5.14. The van der Waals surface area contributed by atoms with E-state index in [4.69, 9.17) is 10.8 Å². The molecule has 0 spiro atoms. The molecule has 0 unspecified atom stereocenters. The number of aromatic nitrogens is 1. The molecule has 16 heavy (non-hydrogen) atoms. The van der Waals surface area contributed by atoms with Crippen molar-refractivity contribution in [1.82, 2.24) is 15.6 Å². The summed E-state index contributed by atoms with van der Waals surface area (Å²) >= 11 is 0. The first-order valence-corrected chi connectivity index (χ1v) is 4.98. The zero-order valence-electron chi connectivity index (χ0n) is 9.79. The topological polar surface area (TPSA) is 62.5 Å². The molecule has 0 aromatic carbocycles. The van der Waals surface area contributed by atoms with Gasteiger partial charge in [-0.3, -0.25) is 4.99 Å². The van der Waals surface area contributed by atoms with Crippen molar-refractivity contribution in [3.8, 4) is 12.3 Å². The van der Waals surface area contributed by atoms with Crippen LogP contribution in [0.1, 0.15) is 17.3 Å². The fourth-order valence-electron chi connectivity index (χ4n) is 1.13. The van der Waals surface area contributed by atoms with Gasteiger partial charge in [0.25, 0.3) is 0 Å². The summed E-state index contributed by atoms with van der Waals surface area (Å²) in [5.74, 6) is 4.58. The van der Waals surface area contributed by atoms with Gasteiger partial charge in [-0.2, -0.15) is 0 Å². The quantitative estimate of drug-likeness (QED) is 0.444. The molecule has 0 aliphatic rings. The number of terminal acetylenes is 1. The Morgan fingerprint density at radius 2 is 2.25 bits per heavy atom. The van der Waals surface area contributed by atoms with Crippen LogP contribution in [0.4, 0.5) is 0 Å². The summed E-state index contributed by atoms with van der Waals surface area (Å²) in [6.45, 7) is 4.72. The molecule has 0 bridgehead atoms. The summed E-state index contributed by atoms with van der Waals surface area (Å²) < 4.78 is 5.42. The van der Waals surface area contributed by atoms with E-state index >= 15 is 0 Å². The van der Waals surface area contributed by atoms with Gasteiger partial charge in [-0.25, -0.2) is 4.98 Å². The fraction of sp³-hybridized carbons (Fsp3) is 0.455. The molecular formula is C11H16N4O. The first-order valence-electron chi connectivity index (χ1n) is 4.98. The van der Waals surface area contributed by atoms with Crippen LogP contribution in [0.2, 0.25) is 0 Å². The predicted molar refractivity (Wildman–Crippen MR) is 63.0 cm³/mol. The average Bonchev–Trinajstić information content (AvgIpc) is 2.59. The Balaban J connectivity index is 2.47. The van der Waals surface area contributed by atoms with Crippen molar-refractivity contribution in [2.75, 3.05) is 13.6 Å². The van der Waals surface area contributed by atoms with E-state index in [-0.39, 0.29) is 0 Å². The Morgan fingerprint density at radius 3 is 2.75 bits per heavy atom. The number of nitrogens with one attached hydrogen (secondary N) is 2. The molecule has 1 aromatic rings. The third-order valence-corrected chi connectivity index (χ3v) is 2.06. The normalized spacial score (nSPS) is 11.0. The van der Waals surface area contributed by atoms with Crippen LogP contribution in [0, 0.1) is 26.2 Å². The number of aryl methyl sites for hydroxylation is 2. The lowest BCUT2D eigenvalue weighted by atomic mass is 10.4. The van der Waals surface area contributed by atoms with E-state index in [9.17, 15) is 0 Å². The highest BCUT2D eigenvalue weighted by atomic mass is 16.4. The third kappa shape index (κ3) is 3.31. The summed E-state index contributed by atoms with van der Waals surface area (Å²) in [5.41, 5.74) is 0.906. The fourth-order valence-corrected chi connectivity index (χ4v) is 1.13. The number of hydrogen-bond acceptors (Lipinski definition) is 3. The highest BCUT2D eigenvalue weighted by molar-refractivity contribution is 5.79.